The molecule has 0 atom stereocenters. The number of nitro benzene ring substituents is 1. The monoisotopic (exact) mass is 251 g/mol. The molecule has 0 radical (unpaired) electrons. The predicted molar refractivity (Wildman–Crippen MR) is 74.1 cm³/mol. The fourth-order valence-electron chi connectivity index (χ4n) is 1.84. The second-order valence-corrected chi connectivity index (χ2v) is 4.23. The molecule has 0 aliphatic carbocycles. The lowest BCUT2D eigenvalue weighted by atomic mass is 10.2. The van der Waals surface area contributed by atoms with E-state index in [2.05, 4.69) is 24.1 Å². The summed E-state index contributed by atoms with van der Waals surface area (Å²) in [5.41, 5.74) is 1.76. The minimum absolute atomic E-state index is 0.139. The molecule has 1 rings (SSSR count). The Bertz CT molecular complexity index is 403. The summed E-state index contributed by atoms with van der Waals surface area (Å²) in [5.74, 6) is 0. The van der Waals surface area contributed by atoms with E-state index in [-0.39, 0.29) is 10.6 Å². The zero-order valence-electron chi connectivity index (χ0n) is 11.3. The van der Waals surface area contributed by atoms with E-state index in [1.165, 1.54) is 0 Å². The molecular formula is C13H21N3O2. The van der Waals surface area contributed by atoms with Crippen LogP contribution in [0.15, 0.2) is 18.2 Å². The highest BCUT2D eigenvalue weighted by Crippen LogP contribution is 2.24. The van der Waals surface area contributed by atoms with Gasteiger partial charge in [0.25, 0.3) is 5.69 Å². The fraction of sp³-hybridized carbons (Fsp3) is 0.538. The maximum atomic E-state index is 10.9. The summed E-state index contributed by atoms with van der Waals surface area (Å²) < 4.78 is 0. The molecule has 18 heavy (non-hydrogen) atoms. The molecule has 1 aromatic carbocycles. The van der Waals surface area contributed by atoms with Crippen LogP contribution in [0.3, 0.4) is 0 Å². The van der Waals surface area contributed by atoms with Crippen LogP contribution in [0.1, 0.15) is 19.4 Å². The first-order chi connectivity index (χ1) is 8.58. The largest absolute Gasteiger partial charge is 0.378 e. The van der Waals surface area contributed by atoms with Crippen LogP contribution in [0.4, 0.5) is 11.4 Å². The molecule has 0 unspecified atom stereocenters. The Hall–Kier alpha value is -1.62. The van der Waals surface area contributed by atoms with Crippen LogP contribution in [0.2, 0.25) is 0 Å². The molecule has 5 nitrogen and oxygen atoms in total. The number of nitro groups is 1. The maximum Gasteiger partial charge on any atom is 0.292 e. The van der Waals surface area contributed by atoms with E-state index in [1.54, 1.807) is 12.1 Å². The smallest absolute Gasteiger partial charge is 0.292 e. The van der Waals surface area contributed by atoms with Crippen molar-refractivity contribution >= 4 is 11.4 Å². The molecule has 100 valence electrons. The number of benzene rings is 1. The summed E-state index contributed by atoms with van der Waals surface area (Å²) in [6.45, 7) is 9.74. The first-order valence-corrected chi connectivity index (χ1v) is 6.29. The lowest BCUT2D eigenvalue weighted by Crippen LogP contribution is -2.28. The van der Waals surface area contributed by atoms with Crippen LogP contribution in [0, 0.1) is 17.0 Å². The van der Waals surface area contributed by atoms with Crippen molar-refractivity contribution in [3.8, 4) is 0 Å². The van der Waals surface area contributed by atoms with E-state index < -0.39 is 0 Å². The van der Waals surface area contributed by atoms with E-state index in [0.29, 0.717) is 12.2 Å². The van der Waals surface area contributed by atoms with Gasteiger partial charge in [-0.3, -0.25) is 10.1 Å². The van der Waals surface area contributed by atoms with Gasteiger partial charge in [0.1, 0.15) is 5.69 Å². The first kappa shape index (κ1) is 14.4. The molecule has 0 saturated carbocycles. The van der Waals surface area contributed by atoms with E-state index in [4.69, 9.17) is 0 Å². The van der Waals surface area contributed by atoms with Gasteiger partial charge in [-0.05, 0) is 31.6 Å². The van der Waals surface area contributed by atoms with Gasteiger partial charge in [0.05, 0.1) is 4.92 Å². The van der Waals surface area contributed by atoms with Crippen LogP contribution in [0.5, 0.6) is 0 Å². The molecule has 0 aliphatic heterocycles. The van der Waals surface area contributed by atoms with E-state index in [0.717, 1.165) is 25.2 Å². The highest BCUT2D eigenvalue weighted by Gasteiger charge is 2.12. The molecule has 0 amide bonds. The van der Waals surface area contributed by atoms with Gasteiger partial charge in [-0.2, -0.15) is 0 Å². The Labute approximate surface area is 108 Å². The average Bonchev–Trinajstić information content (AvgIpc) is 2.34. The van der Waals surface area contributed by atoms with Crippen molar-refractivity contribution in [1.82, 2.24) is 4.90 Å². The van der Waals surface area contributed by atoms with Crippen LogP contribution >= 0.6 is 0 Å². The van der Waals surface area contributed by atoms with Crippen molar-refractivity contribution in [3.63, 3.8) is 0 Å². The number of rotatable bonds is 7. The summed E-state index contributed by atoms with van der Waals surface area (Å²) in [6.07, 6.45) is 0. The quantitative estimate of drug-likeness (QED) is 0.598. The van der Waals surface area contributed by atoms with Crippen molar-refractivity contribution in [3.05, 3.63) is 33.9 Å². The molecule has 0 fully saturated rings. The van der Waals surface area contributed by atoms with Gasteiger partial charge in [0.2, 0.25) is 0 Å². The third-order valence-electron chi connectivity index (χ3n) is 2.99. The SMILES string of the molecule is CCN(CC)CCNc1cc(C)ccc1[N+](=O)[O-]. The number of likely N-dealkylation sites (N-methyl/N-ethyl adjacent to an activating group) is 1. The molecule has 0 aromatic heterocycles. The van der Waals surface area contributed by atoms with Crippen molar-refractivity contribution in [1.29, 1.82) is 0 Å². The Kier molecular flexibility index (Phi) is 5.58. The molecular weight excluding hydrogens is 230 g/mol. The Morgan fingerprint density at radius 1 is 1.33 bits per heavy atom. The zero-order valence-corrected chi connectivity index (χ0v) is 11.3. The minimum Gasteiger partial charge on any atom is -0.378 e. The minimum atomic E-state index is -0.348. The number of hydrogen-bond donors (Lipinski definition) is 1. The topological polar surface area (TPSA) is 58.4 Å². The highest BCUT2D eigenvalue weighted by molar-refractivity contribution is 5.62. The van der Waals surface area contributed by atoms with Crippen molar-refractivity contribution in [2.45, 2.75) is 20.8 Å². The second-order valence-electron chi connectivity index (χ2n) is 4.23. The van der Waals surface area contributed by atoms with Crippen LogP contribution in [-0.2, 0) is 0 Å². The van der Waals surface area contributed by atoms with Gasteiger partial charge < -0.3 is 10.2 Å². The lowest BCUT2D eigenvalue weighted by molar-refractivity contribution is -0.384. The molecule has 0 aliphatic rings. The van der Waals surface area contributed by atoms with Crippen LogP contribution < -0.4 is 5.32 Å². The lowest BCUT2D eigenvalue weighted by Gasteiger charge is -2.18. The second kappa shape index (κ2) is 6.96. The number of aryl methyl sites for hydroxylation is 1. The molecule has 0 saturated heterocycles. The van der Waals surface area contributed by atoms with Gasteiger partial charge in [0.15, 0.2) is 0 Å². The van der Waals surface area contributed by atoms with Gasteiger partial charge in [0, 0.05) is 19.2 Å². The summed E-state index contributed by atoms with van der Waals surface area (Å²) in [5, 5.41) is 14.0. The van der Waals surface area contributed by atoms with Gasteiger partial charge in [-0.1, -0.05) is 19.9 Å². The molecule has 0 spiro atoms. The Morgan fingerprint density at radius 3 is 2.56 bits per heavy atom. The Morgan fingerprint density at radius 2 is 2.00 bits per heavy atom. The van der Waals surface area contributed by atoms with Gasteiger partial charge in [-0.15, -0.1) is 0 Å². The standard InChI is InChI=1S/C13H21N3O2/c1-4-15(5-2)9-8-14-12-10-11(3)6-7-13(12)16(17)18/h6-7,10,14H,4-5,8-9H2,1-3H3. The van der Waals surface area contributed by atoms with E-state index >= 15 is 0 Å². The van der Waals surface area contributed by atoms with Gasteiger partial charge in [-0.25, -0.2) is 0 Å². The van der Waals surface area contributed by atoms with Crippen molar-refractivity contribution in [2.75, 3.05) is 31.5 Å². The molecule has 0 heterocycles. The summed E-state index contributed by atoms with van der Waals surface area (Å²) in [6, 6.07) is 5.13. The molecule has 1 aromatic rings. The highest BCUT2D eigenvalue weighted by atomic mass is 16.6. The molecule has 5 heteroatoms. The molecule has 1 N–H and O–H groups in total. The first-order valence-electron chi connectivity index (χ1n) is 6.29. The fourth-order valence-corrected chi connectivity index (χ4v) is 1.84. The number of nitrogens with zero attached hydrogens (tertiary/aromatic N) is 2. The van der Waals surface area contributed by atoms with E-state index in [9.17, 15) is 10.1 Å². The van der Waals surface area contributed by atoms with Crippen molar-refractivity contribution < 1.29 is 4.92 Å². The molecule has 0 bridgehead atoms. The number of nitrogens with one attached hydrogen (secondary N) is 1. The third kappa shape index (κ3) is 4.00. The third-order valence-corrected chi connectivity index (χ3v) is 2.99. The van der Waals surface area contributed by atoms with Crippen LogP contribution in [0.25, 0.3) is 0 Å². The van der Waals surface area contributed by atoms with Crippen molar-refractivity contribution in [2.24, 2.45) is 0 Å². The summed E-state index contributed by atoms with van der Waals surface area (Å²) >= 11 is 0. The van der Waals surface area contributed by atoms with Crippen LogP contribution in [-0.4, -0.2) is 36.0 Å². The summed E-state index contributed by atoms with van der Waals surface area (Å²) in [7, 11) is 0. The van der Waals surface area contributed by atoms with Gasteiger partial charge >= 0.3 is 0 Å². The summed E-state index contributed by atoms with van der Waals surface area (Å²) in [4.78, 5) is 12.8. The van der Waals surface area contributed by atoms with E-state index in [1.807, 2.05) is 13.0 Å². The normalized spacial score (nSPS) is 10.7. The maximum absolute atomic E-state index is 10.9. The zero-order chi connectivity index (χ0) is 13.5. The average molecular weight is 251 g/mol. The Balaban J connectivity index is 2.66. The number of hydrogen-bond acceptors (Lipinski definition) is 4. The number of anilines is 1. The predicted octanol–water partition coefficient (Wildman–Crippen LogP) is 2.66.